The van der Waals surface area contributed by atoms with E-state index in [1.54, 1.807) is 54.7 Å². The van der Waals surface area contributed by atoms with Crippen molar-refractivity contribution in [1.29, 1.82) is 0 Å². The molecule has 0 saturated carbocycles. The fourth-order valence-corrected chi connectivity index (χ4v) is 3.74. The number of pyridine rings is 1. The second-order valence-electron chi connectivity index (χ2n) is 7.53. The molecule has 7 nitrogen and oxygen atoms in total. The van der Waals surface area contributed by atoms with Crippen molar-refractivity contribution < 1.29 is 19.1 Å². The predicted octanol–water partition coefficient (Wildman–Crippen LogP) is 3.97. The number of ether oxygens (including phenoxy) is 2. The number of nitrogens with one attached hydrogen (secondary N) is 1. The smallest absolute Gasteiger partial charge is 0.253 e. The number of carbonyl (C=O) groups is 2. The van der Waals surface area contributed by atoms with Crippen LogP contribution in [0.15, 0.2) is 42.7 Å². The molecule has 0 radical (unpaired) electrons. The minimum absolute atomic E-state index is 0.0365. The first kappa shape index (κ1) is 23.6. The molecule has 1 saturated heterocycles. The van der Waals surface area contributed by atoms with Gasteiger partial charge in [-0.1, -0.05) is 18.5 Å². The number of hydrogen-bond donors (Lipinski definition) is 1. The monoisotopic (exact) mass is 457 g/mol. The molecule has 3 rings (SSSR count). The molecule has 1 aliphatic heterocycles. The predicted molar refractivity (Wildman–Crippen MR) is 124 cm³/mol. The zero-order valence-corrected chi connectivity index (χ0v) is 19.1. The lowest BCUT2D eigenvalue weighted by Crippen LogP contribution is -2.46. The third-order valence-corrected chi connectivity index (χ3v) is 5.47. The Morgan fingerprint density at radius 2 is 2.09 bits per heavy atom. The van der Waals surface area contributed by atoms with Gasteiger partial charge < -0.3 is 19.7 Å². The number of halogens is 1. The van der Waals surface area contributed by atoms with Gasteiger partial charge in [-0.2, -0.15) is 0 Å². The molecule has 0 unspecified atom stereocenters. The molecule has 1 aromatic carbocycles. The van der Waals surface area contributed by atoms with Gasteiger partial charge >= 0.3 is 0 Å². The zero-order valence-electron chi connectivity index (χ0n) is 18.3. The van der Waals surface area contributed by atoms with Crippen LogP contribution in [0.25, 0.3) is 6.08 Å². The van der Waals surface area contributed by atoms with Crippen LogP contribution < -0.4 is 14.8 Å². The molecule has 1 aliphatic rings. The van der Waals surface area contributed by atoms with Crippen molar-refractivity contribution in [3.63, 3.8) is 0 Å². The Hall–Kier alpha value is -3.06. The van der Waals surface area contributed by atoms with Crippen molar-refractivity contribution in [3.05, 3.63) is 58.9 Å². The Balaban J connectivity index is 1.54. The summed E-state index contributed by atoms with van der Waals surface area (Å²) in [5.41, 5.74) is 1.29. The van der Waals surface area contributed by atoms with Gasteiger partial charge in [-0.15, -0.1) is 0 Å². The lowest BCUT2D eigenvalue weighted by Gasteiger charge is -2.31. The topological polar surface area (TPSA) is 80.8 Å². The number of aromatic nitrogens is 1. The van der Waals surface area contributed by atoms with Crippen molar-refractivity contribution in [3.8, 4) is 11.5 Å². The average molecular weight is 458 g/mol. The van der Waals surface area contributed by atoms with Crippen molar-refractivity contribution in [2.24, 2.45) is 0 Å². The van der Waals surface area contributed by atoms with Crippen LogP contribution in [0.3, 0.4) is 0 Å². The van der Waals surface area contributed by atoms with E-state index in [-0.39, 0.29) is 17.9 Å². The number of piperidine rings is 1. The van der Waals surface area contributed by atoms with Crippen molar-refractivity contribution in [1.82, 2.24) is 15.2 Å². The highest BCUT2D eigenvalue weighted by Crippen LogP contribution is 2.36. The maximum absolute atomic E-state index is 12.6. The van der Waals surface area contributed by atoms with E-state index < -0.39 is 0 Å². The van der Waals surface area contributed by atoms with Gasteiger partial charge in [0.25, 0.3) is 5.91 Å². The van der Waals surface area contributed by atoms with Crippen LogP contribution in [0.1, 0.15) is 42.1 Å². The van der Waals surface area contributed by atoms with Crippen molar-refractivity contribution in [2.45, 2.75) is 32.2 Å². The average Bonchev–Trinajstić information content (AvgIpc) is 2.82. The standard InChI is InChI=1S/C24H28ClN3O4/c1-3-13-32-23-20(25)14-17(15-21(23)31-2)6-7-22(29)28-11-8-19(9-12-28)27-24(30)18-5-4-10-26-16-18/h4-7,10,14-16,19H,3,8-9,11-13H2,1-2H3,(H,27,30)/b7-6+. The first-order chi connectivity index (χ1) is 15.5. The SMILES string of the molecule is CCCOc1c(Cl)cc(/C=C/C(=O)N2CCC(NC(=O)c3cccnc3)CC2)cc1OC. The van der Waals surface area contributed by atoms with Gasteiger partial charge in [-0.05, 0) is 55.2 Å². The Bertz CT molecular complexity index is 957. The van der Waals surface area contributed by atoms with Crippen LogP contribution in [0.4, 0.5) is 0 Å². The van der Waals surface area contributed by atoms with Gasteiger partial charge in [0.2, 0.25) is 5.91 Å². The maximum Gasteiger partial charge on any atom is 0.253 e. The number of amides is 2. The summed E-state index contributed by atoms with van der Waals surface area (Å²) in [6.45, 7) is 3.72. The zero-order chi connectivity index (χ0) is 22.9. The van der Waals surface area contributed by atoms with Gasteiger partial charge in [0.1, 0.15) is 0 Å². The van der Waals surface area contributed by atoms with Crippen LogP contribution in [0, 0.1) is 0 Å². The Kier molecular flexibility index (Phi) is 8.50. The summed E-state index contributed by atoms with van der Waals surface area (Å²) in [5.74, 6) is 0.821. The lowest BCUT2D eigenvalue weighted by atomic mass is 10.0. The summed E-state index contributed by atoms with van der Waals surface area (Å²) in [4.78, 5) is 30.6. The second-order valence-corrected chi connectivity index (χ2v) is 7.94. The van der Waals surface area contributed by atoms with Gasteiger partial charge in [-0.25, -0.2) is 0 Å². The summed E-state index contributed by atoms with van der Waals surface area (Å²) in [6, 6.07) is 7.04. The van der Waals surface area contributed by atoms with Gasteiger partial charge in [0.05, 0.1) is 24.3 Å². The molecule has 1 aromatic heterocycles. The summed E-state index contributed by atoms with van der Waals surface area (Å²) in [6.07, 6.45) is 8.70. The fraction of sp³-hybridized carbons (Fsp3) is 0.375. The van der Waals surface area contributed by atoms with Crippen LogP contribution in [0.2, 0.25) is 5.02 Å². The molecular formula is C24H28ClN3O4. The summed E-state index contributed by atoms with van der Waals surface area (Å²) >= 11 is 6.34. The Morgan fingerprint density at radius 3 is 2.75 bits per heavy atom. The maximum atomic E-state index is 12.6. The Morgan fingerprint density at radius 1 is 1.31 bits per heavy atom. The highest BCUT2D eigenvalue weighted by atomic mass is 35.5. The van der Waals surface area contributed by atoms with Crippen LogP contribution >= 0.6 is 11.6 Å². The molecule has 1 fully saturated rings. The highest BCUT2D eigenvalue weighted by Gasteiger charge is 2.23. The minimum atomic E-state index is -0.139. The molecule has 0 aliphatic carbocycles. The molecule has 170 valence electrons. The van der Waals surface area contributed by atoms with E-state index in [1.807, 2.05) is 6.92 Å². The number of benzene rings is 1. The highest BCUT2D eigenvalue weighted by molar-refractivity contribution is 6.32. The molecule has 1 N–H and O–H groups in total. The number of likely N-dealkylation sites (tertiary alicyclic amines) is 1. The van der Waals surface area contributed by atoms with Crippen molar-refractivity contribution in [2.75, 3.05) is 26.8 Å². The van der Waals surface area contributed by atoms with Crippen LogP contribution in [-0.2, 0) is 4.79 Å². The van der Waals surface area contributed by atoms with Crippen LogP contribution in [0.5, 0.6) is 11.5 Å². The lowest BCUT2D eigenvalue weighted by molar-refractivity contribution is -0.126. The van der Waals surface area contributed by atoms with E-state index in [0.717, 1.165) is 12.0 Å². The third-order valence-electron chi connectivity index (χ3n) is 5.19. The summed E-state index contributed by atoms with van der Waals surface area (Å²) in [7, 11) is 1.56. The van der Waals surface area contributed by atoms with Crippen LogP contribution in [-0.4, -0.2) is 54.5 Å². The number of hydrogen-bond acceptors (Lipinski definition) is 5. The van der Waals surface area contributed by atoms with E-state index in [1.165, 1.54) is 6.08 Å². The molecule has 2 amide bonds. The van der Waals surface area contributed by atoms with E-state index in [9.17, 15) is 9.59 Å². The quantitative estimate of drug-likeness (QED) is 0.607. The first-order valence-electron chi connectivity index (χ1n) is 10.7. The molecule has 0 atom stereocenters. The second kappa shape index (κ2) is 11.5. The normalized spacial score (nSPS) is 14.4. The number of methoxy groups -OCH3 is 1. The van der Waals surface area contributed by atoms with Gasteiger partial charge in [0, 0.05) is 37.6 Å². The number of carbonyl (C=O) groups excluding carboxylic acids is 2. The molecule has 0 bridgehead atoms. The summed E-state index contributed by atoms with van der Waals surface area (Å²) in [5, 5.41) is 3.46. The Labute approximate surface area is 193 Å². The van der Waals surface area contributed by atoms with Gasteiger partial charge in [-0.3, -0.25) is 14.6 Å². The minimum Gasteiger partial charge on any atom is -0.493 e. The molecule has 8 heteroatoms. The van der Waals surface area contributed by atoms with Crippen molar-refractivity contribution >= 4 is 29.5 Å². The summed E-state index contributed by atoms with van der Waals surface area (Å²) < 4.78 is 11.0. The molecule has 0 spiro atoms. The molecule has 2 aromatic rings. The third kappa shape index (κ3) is 6.23. The van der Waals surface area contributed by atoms with Gasteiger partial charge in [0.15, 0.2) is 11.5 Å². The number of nitrogens with zero attached hydrogens (tertiary/aromatic N) is 2. The van der Waals surface area contributed by atoms with E-state index in [4.69, 9.17) is 21.1 Å². The molecule has 2 heterocycles. The van der Waals surface area contributed by atoms with E-state index in [2.05, 4.69) is 10.3 Å². The van der Waals surface area contributed by atoms with E-state index >= 15 is 0 Å². The molecular weight excluding hydrogens is 430 g/mol. The largest absolute Gasteiger partial charge is 0.493 e. The fourth-order valence-electron chi connectivity index (χ4n) is 3.46. The molecule has 32 heavy (non-hydrogen) atoms. The number of rotatable bonds is 8. The first-order valence-corrected chi connectivity index (χ1v) is 11.1. The van der Waals surface area contributed by atoms with E-state index in [0.29, 0.717) is 54.6 Å².